The SMILES string of the molecule is C#CCOC(=O)c1cnc[n+](C#CCOC(=O)c2cccnc2)c1. The van der Waals surface area contributed by atoms with Gasteiger partial charge in [0.05, 0.1) is 5.56 Å². The lowest BCUT2D eigenvalue weighted by Crippen LogP contribution is -2.30. The third-order valence-electron chi connectivity index (χ3n) is 2.59. The van der Waals surface area contributed by atoms with Crippen molar-refractivity contribution in [2.75, 3.05) is 13.2 Å². The Labute approximate surface area is 138 Å². The highest BCUT2D eigenvalue weighted by Crippen LogP contribution is 1.98. The number of hydrogen-bond acceptors (Lipinski definition) is 6. The molecular weight excluding hydrogens is 310 g/mol. The van der Waals surface area contributed by atoms with Gasteiger partial charge in [-0.3, -0.25) is 4.98 Å². The maximum Gasteiger partial charge on any atom is 0.346 e. The summed E-state index contributed by atoms with van der Waals surface area (Å²) >= 11 is 0. The van der Waals surface area contributed by atoms with E-state index in [9.17, 15) is 9.59 Å². The molecule has 7 heteroatoms. The van der Waals surface area contributed by atoms with Crippen LogP contribution < -0.4 is 4.57 Å². The van der Waals surface area contributed by atoms with E-state index in [4.69, 9.17) is 15.9 Å². The fraction of sp³-hybridized carbons (Fsp3) is 0.118. The molecular formula is C17H12N3O4+. The Morgan fingerprint density at radius 3 is 2.62 bits per heavy atom. The van der Waals surface area contributed by atoms with Crippen LogP contribution in [0, 0.1) is 24.3 Å². The highest BCUT2D eigenvalue weighted by molar-refractivity contribution is 5.89. The highest BCUT2D eigenvalue weighted by atomic mass is 16.5. The van der Waals surface area contributed by atoms with Crippen molar-refractivity contribution in [2.45, 2.75) is 0 Å². The lowest BCUT2D eigenvalue weighted by molar-refractivity contribution is -0.587. The van der Waals surface area contributed by atoms with E-state index in [2.05, 4.69) is 27.9 Å². The molecule has 0 unspecified atom stereocenters. The largest absolute Gasteiger partial charge is 0.449 e. The predicted molar refractivity (Wildman–Crippen MR) is 81.2 cm³/mol. The lowest BCUT2D eigenvalue weighted by Gasteiger charge is -1.99. The van der Waals surface area contributed by atoms with E-state index in [0.717, 1.165) is 0 Å². The van der Waals surface area contributed by atoms with Gasteiger partial charge in [0, 0.05) is 12.4 Å². The summed E-state index contributed by atoms with van der Waals surface area (Å²) in [7, 11) is 0. The third-order valence-corrected chi connectivity index (χ3v) is 2.59. The molecule has 0 spiro atoms. The molecule has 0 atom stereocenters. The number of rotatable bonds is 4. The van der Waals surface area contributed by atoms with Crippen molar-refractivity contribution in [1.29, 1.82) is 0 Å². The van der Waals surface area contributed by atoms with Crippen LogP contribution in [0.1, 0.15) is 20.7 Å². The van der Waals surface area contributed by atoms with Crippen LogP contribution in [0.25, 0.3) is 0 Å². The van der Waals surface area contributed by atoms with Gasteiger partial charge in [-0.15, -0.1) is 6.42 Å². The number of aromatic nitrogens is 3. The van der Waals surface area contributed by atoms with E-state index in [1.165, 1.54) is 29.5 Å². The highest BCUT2D eigenvalue weighted by Gasteiger charge is 2.11. The Hall–Kier alpha value is -3.71. The summed E-state index contributed by atoms with van der Waals surface area (Å²) in [6.45, 7) is -0.240. The monoisotopic (exact) mass is 322 g/mol. The van der Waals surface area contributed by atoms with E-state index in [0.29, 0.717) is 5.56 Å². The smallest absolute Gasteiger partial charge is 0.346 e. The summed E-state index contributed by atoms with van der Waals surface area (Å²) in [5.74, 6) is 3.72. The first kappa shape index (κ1) is 16.7. The number of pyridine rings is 1. The minimum Gasteiger partial charge on any atom is -0.449 e. The second-order valence-electron chi connectivity index (χ2n) is 4.27. The van der Waals surface area contributed by atoms with E-state index in [1.807, 2.05) is 0 Å². The zero-order valence-electron chi connectivity index (χ0n) is 12.5. The van der Waals surface area contributed by atoms with Gasteiger partial charge in [-0.2, -0.15) is 4.57 Å². The molecule has 24 heavy (non-hydrogen) atoms. The number of hydrogen-bond donors (Lipinski definition) is 0. The van der Waals surface area contributed by atoms with Gasteiger partial charge in [0.2, 0.25) is 0 Å². The standard InChI is InChI=1S/C17H12N3O4/c1-2-8-23-17(22)15-11-19-13-20(12-15)7-4-9-24-16(21)14-5-3-6-18-10-14/h1,3,5-6,10-13H,8-9H2/q+1. The molecule has 0 radical (unpaired) electrons. The minimum absolute atomic E-state index is 0.119. The topological polar surface area (TPSA) is 82.3 Å². The predicted octanol–water partition coefficient (Wildman–Crippen LogP) is 0.220. The summed E-state index contributed by atoms with van der Waals surface area (Å²) in [4.78, 5) is 31.0. The number of terminal acetylenes is 1. The van der Waals surface area contributed by atoms with Crippen molar-refractivity contribution < 1.29 is 23.6 Å². The first-order chi connectivity index (χ1) is 11.7. The fourth-order valence-corrected chi connectivity index (χ4v) is 1.55. The molecule has 2 rings (SSSR count). The molecule has 0 N–H and O–H groups in total. The normalized spacial score (nSPS) is 9.12. The van der Waals surface area contributed by atoms with Gasteiger partial charge in [-0.1, -0.05) is 10.9 Å². The van der Waals surface area contributed by atoms with Crippen molar-refractivity contribution in [3.05, 3.63) is 54.4 Å². The molecule has 7 nitrogen and oxygen atoms in total. The molecule has 0 amide bonds. The molecule has 0 saturated carbocycles. The van der Waals surface area contributed by atoms with Crippen LogP contribution in [0.15, 0.2) is 43.2 Å². The fourth-order valence-electron chi connectivity index (χ4n) is 1.55. The van der Waals surface area contributed by atoms with E-state index in [-0.39, 0.29) is 18.8 Å². The summed E-state index contributed by atoms with van der Waals surface area (Å²) in [5, 5.41) is 0. The molecule has 0 fully saturated rings. The summed E-state index contributed by atoms with van der Waals surface area (Å²) in [6, 6.07) is 5.89. The van der Waals surface area contributed by atoms with Gasteiger partial charge in [-0.25, -0.2) is 9.59 Å². The third kappa shape index (κ3) is 4.93. The first-order valence-corrected chi connectivity index (χ1v) is 6.73. The Morgan fingerprint density at radius 1 is 1.12 bits per heavy atom. The second-order valence-corrected chi connectivity index (χ2v) is 4.27. The van der Waals surface area contributed by atoms with Gasteiger partial charge in [0.25, 0.3) is 6.33 Å². The minimum atomic E-state index is -0.598. The molecule has 0 saturated heterocycles. The van der Waals surface area contributed by atoms with Gasteiger partial charge in [-0.05, 0) is 18.1 Å². The average molecular weight is 322 g/mol. The number of carbonyl (C=O) groups is 2. The van der Waals surface area contributed by atoms with Crippen molar-refractivity contribution in [3.8, 4) is 24.3 Å². The molecule has 0 bridgehead atoms. The number of esters is 2. The Balaban J connectivity index is 1.93. The zero-order valence-corrected chi connectivity index (χ0v) is 12.5. The molecule has 2 aromatic rings. The number of ether oxygens (including phenoxy) is 2. The molecule has 0 aliphatic carbocycles. The Bertz CT molecular complexity index is 832. The van der Waals surface area contributed by atoms with Crippen LogP contribution >= 0.6 is 0 Å². The van der Waals surface area contributed by atoms with Crippen molar-refractivity contribution in [1.82, 2.24) is 9.97 Å². The van der Waals surface area contributed by atoms with Gasteiger partial charge in [0.1, 0.15) is 17.8 Å². The molecule has 2 heterocycles. The maximum atomic E-state index is 11.7. The van der Waals surface area contributed by atoms with Gasteiger partial charge >= 0.3 is 11.9 Å². The van der Waals surface area contributed by atoms with Crippen molar-refractivity contribution in [3.63, 3.8) is 0 Å². The summed E-state index contributed by atoms with van der Waals surface area (Å²) < 4.78 is 11.1. The Morgan fingerprint density at radius 2 is 1.88 bits per heavy atom. The quantitative estimate of drug-likeness (QED) is 0.455. The van der Waals surface area contributed by atoms with Crippen LogP contribution in [0.5, 0.6) is 0 Å². The lowest BCUT2D eigenvalue weighted by atomic mass is 10.3. The number of nitrogens with zero attached hydrogens (tertiary/aromatic N) is 3. The molecule has 0 aromatic carbocycles. The van der Waals surface area contributed by atoms with E-state index < -0.39 is 11.9 Å². The second kappa shape index (κ2) is 8.66. The Kier molecular flexibility index (Phi) is 6.01. The van der Waals surface area contributed by atoms with E-state index in [1.54, 1.807) is 18.3 Å². The molecule has 0 aliphatic rings. The van der Waals surface area contributed by atoms with Crippen LogP contribution in [0.2, 0.25) is 0 Å². The van der Waals surface area contributed by atoms with Crippen LogP contribution in [-0.4, -0.2) is 35.1 Å². The van der Waals surface area contributed by atoms with Gasteiger partial charge in [0.15, 0.2) is 19.4 Å². The van der Waals surface area contributed by atoms with Crippen molar-refractivity contribution >= 4 is 11.9 Å². The molecule has 0 aliphatic heterocycles. The number of carbonyl (C=O) groups excluding carboxylic acids is 2. The van der Waals surface area contributed by atoms with E-state index >= 15 is 0 Å². The van der Waals surface area contributed by atoms with Crippen LogP contribution in [0.4, 0.5) is 0 Å². The average Bonchev–Trinajstić information content (AvgIpc) is 2.64. The van der Waals surface area contributed by atoms with Gasteiger partial charge < -0.3 is 9.47 Å². The van der Waals surface area contributed by atoms with Crippen molar-refractivity contribution in [2.24, 2.45) is 0 Å². The summed E-state index contributed by atoms with van der Waals surface area (Å²) in [6.07, 6.45) is 12.1. The zero-order chi connectivity index (χ0) is 17.2. The molecule has 2 aromatic heterocycles. The maximum absolute atomic E-state index is 11.7. The first-order valence-electron chi connectivity index (χ1n) is 6.73. The van der Waals surface area contributed by atoms with Crippen LogP contribution in [0.3, 0.4) is 0 Å². The summed E-state index contributed by atoms with van der Waals surface area (Å²) in [5.41, 5.74) is 0.543. The molecule has 118 valence electrons. The van der Waals surface area contributed by atoms with Crippen LogP contribution in [-0.2, 0) is 9.47 Å².